The highest BCUT2D eigenvalue weighted by Gasteiger charge is 2.39. The van der Waals surface area contributed by atoms with Gasteiger partial charge >= 0.3 is 0 Å². The standard InChI is InChI=1S/C12H13ClINO3S/c1-12(4-5-19(17,18)7-12)15-11(16)8-2-3-10(14)9(13)6-8/h2-3,6H,4-5,7H2,1H3,(H,15,16). The number of benzene rings is 1. The molecule has 7 heteroatoms. The Morgan fingerprint density at radius 2 is 2.16 bits per heavy atom. The monoisotopic (exact) mass is 413 g/mol. The van der Waals surface area contributed by atoms with Crippen LogP contribution in [0.5, 0.6) is 0 Å². The molecule has 0 aromatic heterocycles. The van der Waals surface area contributed by atoms with Gasteiger partial charge < -0.3 is 5.32 Å². The molecule has 1 aromatic carbocycles. The van der Waals surface area contributed by atoms with Gasteiger partial charge in [-0.1, -0.05) is 11.6 Å². The van der Waals surface area contributed by atoms with Crippen molar-refractivity contribution in [3.8, 4) is 0 Å². The molecular weight excluding hydrogens is 401 g/mol. The number of rotatable bonds is 2. The topological polar surface area (TPSA) is 63.2 Å². The molecule has 1 unspecified atom stereocenters. The van der Waals surface area contributed by atoms with Crippen LogP contribution < -0.4 is 5.32 Å². The van der Waals surface area contributed by atoms with Crippen LogP contribution in [-0.2, 0) is 9.84 Å². The van der Waals surface area contributed by atoms with E-state index in [9.17, 15) is 13.2 Å². The van der Waals surface area contributed by atoms with Crippen LogP contribution in [0.25, 0.3) is 0 Å². The number of sulfone groups is 1. The maximum atomic E-state index is 12.1. The number of hydrogen-bond donors (Lipinski definition) is 1. The van der Waals surface area contributed by atoms with Gasteiger partial charge in [-0.15, -0.1) is 0 Å². The summed E-state index contributed by atoms with van der Waals surface area (Å²) in [6.45, 7) is 1.75. The molecule has 1 aliphatic rings. The second kappa shape index (κ2) is 5.21. The molecule has 0 saturated carbocycles. The molecule has 2 rings (SSSR count). The summed E-state index contributed by atoms with van der Waals surface area (Å²) in [4.78, 5) is 12.1. The first kappa shape index (κ1) is 15.1. The first-order valence-electron chi connectivity index (χ1n) is 5.69. The Balaban J connectivity index is 2.15. The molecule has 1 amide bonds. The highest BCUT2D eigenvalue weighted by atomic mass is 127. The lowest BCUT2D eigenvalue weighted by Crippen LogP contribution is -2.46. The van der Waals surface area contributed by atoms with E-state index in [1.807, 2.05) is 0 Å². The highest BCUT2D eigenvalue weighted by Crippen LogP contribution is 2.24. The van der Waals surface area contributed by atoms with Crippen molar-refractivity contribution in [2.75, 3.05) is 11.5 Å². The first-order chi connectivity index (χ1) is 8.71. The smallest absolute Gasteiger partial charge is 0.251 e. The number of hydrogen-bond acceptors (Lipinski definition) is 3. The summed E-state index contributed by atoms with van der Waals surface area (Å²) >= 11 is 8.05. The maximum absolute atomic E-state index is 12.1. The number of carbonyl (C=O) groups excluding carboxylic acids is 1. The van der Waals surface area contributed by atoms with Crippen molar-refractivity contribution in [1.29, 1.82) is 0 Å². The predicted molar refractivity (Wildman–Crippen MR) is 83.3 cm³/mol. The van der Waals surface area contributed by atoms with Crippen LogP contribution in [0.2, 0.25) is 5.02 Å². The zero-order valence-electron chi connectivity index (χ0n) is 10.2. The van der Waals surface area contributed by atoms with E-state index >= 15 is 0 Å². The van der Waals surface area contributed by atoms with E-state index in [0.717, 1.165) is 3.57 Å². The Hall–Kier alpha value is -0.340. The van der Waals surface area contributed by atoms with E-state index in [4.69, 9.17) is 11.6 Å². The fourth-order valence-electron chi connectivity index (χ4n) is 2.09. The van der Waals surface area contributed by atoms with Crippen LogP contribution in [0.1, 0.15) is 23.7 Å². The van der Waals surface area contributed by atoms with Crippen LogP contribution in [-0.4, -0.2) is 31.4 Å². The lowest BCUT2D eigenvalue weighted by Gasteiger charge is -2.23. The number of halogens is 2. The molecule has 4 nitrogen and oxygen atoms in total. The van der Waals surface area contributed by atoms with E-state index in [0.29, 0.717) is 17.0 Å². The Labute approximate surface area is 131 Å². The predicted octanol–water partition coefficient (Wildman–Crippen LogP) is 2.25. The van der Waals surface area contributed by atoms with Gasteiger partial charge in [0.2, 0.25) is 0 Å². The van der Waals surface area contributed by atoms with Crippen LogP contribution in [0.15, 0.2) is 18.2 Å². The molecule has 1 fully saturated rings. The van der Waals surface area contributed by atoms with E-state index in [2.05, 4.69) is 27.9 Å². The molecule has 1 N–H and O–H groups in total. The summed E-state index contributed by atoms with van der Waals surface area (Å²) in [5.41, 5.74) is -0.248. The van der Waals surface area contributed by atoms with Crippen LogP contribution in [0, 0.1) is 3.57 Å². The van der Waals surface area contributed by atoms with E-state index in [-0.39, 0.29) is 17.4 Å². The van der Waals surface area contributed by atoms with Crippen molar-refractivity contribution < 1.29 is 13.2 Å². The van der Waals surface area contributed by atoms with Crippen molar-refractivity contribution in [3.63, 3.8) is 0 Å². The zero-order chi connectivity index (χ0) is 14.3. The summed E-state index contributed by atoms with van der Waals surface area (Å²) < 4.78 is 23.8. The minimum atomic E-state index is -3.04. The first-order valence-corrected chi connectivity index (χ1v) is 8.97. The molecule has 1 aliphatic heterocycles. The van der Waals surface area contributed by atoms with E-state index in [1.54, 1.807) is 25.1 Å². The minimum Gasteiger partial charge on any atom is -0.346 e. The largest absolute Gasteiger partial charge is 0.346 e. The molecule has 0 aliphatic carbocycles. The number of carbonyl (C=O) groups is 1. The van der Waals surface area contributed by atoms with Gasteiger partial charge in [0, 0.05) is 9.13 Å². The summed E-state index contributed by atoms with van der Waals surface area (Å²) in [6.07, 6.45) is 0.444. The fraction of sp³-hybridized carbons (Fsp3) is 0.417. The zero-order valence-corrected chi connectivity index (χ0v) is 14.0. The molecule has 0 spiro atoms. The Morgan fingerprint density at radius 1 is 1.47 bits per heavy atom. The van der Waals surface area contributed by atoms with Crippen LogP contribution >= 0.6 is 34.2 Å². The number of nitrogens with one attached hydrogen (secondary N) is 1. The van der Waals surface area contributed by atoms with Gasteiger partial charge in [0.25, 0.3) is 5.91 Å². The van der Waals surface area contributed by atoms with Crippen molar-refractivity contribution in [2.45, 2.75) is 18.9 Å². The van der Waals surface area contributed by atoms with Gasteiger partial charge in [0.05, 0.1) is 22.1 Å². The van der Waals surface area contributed by atoms with Crippen molar-refractivity contribution in [2.24, 2.45) is 0 Å². The van der Waals surface area contributed by atoms with Gasteiger partial charge in [-0.05, 0) is 54.1 Å². The van der Waals surface area contributed by atoms with Gasteiger partial charge in [-0.25, -0.2) is 8.42 Å². The van der Waals surface area contributed by atoms with Gasteiger partial charge in [0.1, 0.15) is 0 Å². The fourth-order valence-corrected chi connectivity index (χ4v) is 4.70. The van der Waals surface area contributed by atoms with Crippen molar-refractivity contribution in [1.82, 2.24) is 5.32 Å². The summed E-state index contributed by atoms with van der Waals surface area (Å²) in [5, 5.41) is 3.31. The van der Waals surface area contributed by atoms with Gasteiger partial charge in [0.15, 0.2) is 9.84 Å². The van der Waals surface area contributed by atoms with Gasteiger partial charge in [-0.2, -0.15) is 0 Å². The molecule has 0 bridgehead atoms. The van der Waals surface area contributed by atoms with Crippen molar-refractivity contribution >= 4 is 49.9 Å². The average Bonchev–Trinajstić information content (AvgIpc) is 2.56. The third kappa shape index (κ3) is 3.61. The highest BCUT2D eigenvalue weighted by molar-refractivity contribution is 14.1. The normalized spacial score (nSPS) is 25.2. The summed E-state index contributed by atoms with van der Waals surface area (Å²) in [7, 11) is -3.04. The van der Waals surface area contributed by atoms with E-state index in [1.165, 1.54) is 0 Å². The lowest BCUT2D eigenvalue weighted by molar-refractivity contribution is 0.0915. The van der Waals surface area contributed by atoms with Crippen LogP contribution in [0.3, 0.4) is 0 Å². The quantitative estimate of drug-likeness (QED) is 0.757. The Bertz CT molecular complexity index is 632. The molecular formula is C12H13ClINO3S. The molecule has 1 atom stereocenters. The molecule has 0 radical (unpaired) electrons. The minimum absolute atomic E-state index is 0.0101. The third-order valence-corrected chi connectivity index (χ3v) is 6.58. The molecule has 104 valence electrons. The second-order valence-electron chi connectivity index (χ2n) is 4.99. The summed E-state index contributed by atoms with van der Waals surface area (Å²) in [5.74, 6) is -0.181. The maximum Gasteiger partial charge on any atom is 0.251 e. The lowest BCUT2D eigenvalue weighted by atomic mass is 10.0. The Kier molecular flexibility index (Phi) is 4.13. The SMILES string of the molecule is CC1(NC(=O)c2ccc(I)c(Cl)c2)CCS(=O)(=O)C1. The Morgan fingerprint density at radius 3 is 2.68 bits per heavy atom. The van der Waals surface area contributed by atoms with Gasteiger partial charge in [-0.3, -0.25) is 4.79 Å². The average molecular weight is 414 g/mol. The third-order valence-electron chi connectivity index (χ3n) is 3.10. The molecule has 1 saturated heterocycles. The van der Waals surface area contributed by atoms with Crippen molar-refractivity contribution in [3.05, 3.63) is 32.4 Å². The second-order valence-corrected chi connectivity index (χ2v) is 8.74. The van der Waals surface area contributed by atoms with Crippen LogP contribution in [0.4, 0.5) is 0 Å². The molecule has 1 heterocycles. The summed E-state index contributed by atoms with van der Waals surface area (Å²) in [6, 6.07) is 5.02. The van der Waals surface area contributed by atoms with E-state index < -0.39 is 15.4 Å². The molecule has 1 aromatic rings. The molecule has 19 heavy (non-hydrogen) atoms. The number of amides is 1.